The summed E-state index contributed by atoms with van der Waals surface area (Å²) < 4.78 is 5.34. The van der Waals surface area contributed by atoms with Gasteiger partial charge in [-0.3, -0.25) is 14.5 Å². The monoisotopic (exact) mass is 311 g/mol. The van der Waals surface area contributed by atoms with Gasteiger partial charge in [0, 0.05) is 32.6 Å². The number of imide groups is 1. The molecule has 2 heterocycles. The average Bonchev–Trinajstić information content (AvgIpc) is 2.63. The molecule has 0 aromatic heterocycles. The zero-order valence-corrected chi connectivity index (χ0v) is 13.6. The van der Waals surface area contributed by atoms with Crippen molar-refractivity contribution in [1.29, 1.82) is 0 Å². The number of nitrogens with two attached hydrogens (primary N) is 1. The zero-order chi connectivity index (χ0) is 16.5. The van der Waals surface area contributed by atoms with Gasteiger partial charge in [-0.05, 0) is 33.6 Å². The van der Waals surface area contributed by atoms with Crippen molar-refractivity contribution in [2.45, 2.75) is 45.6 Å². The molecule has 2 N–H and O–H groups in total. The number of piperidine rings is 1. The molecule has 7 heteroatoms. The summed E-state index contributed by atoms with van der Waals surface area (Å²) in [5.74, 6) is -0.284. The number of amides is 3. The summed E-state index contributed by atoms with van der Waals surface area (Å²) in [5, 5.41) is 0. The number of hydrogen-bond acceptors (Lipinski definition) is 5. The minimum absolute atomic E-state index is 0.133. The highest BCUT2D eigenvalue weighted by molar-refractivity contribution is 6.06. The third-order valence-electron chi connectivity index (χ3n) is 4.21. The van der Waals surface area contributed by atoms with E-state index in [1.807, 2.05) is 20.8 Å². The smallest absolute Gasteiger partial charge is 0.410 e. The van der Waals surface area contributed by atoms with Gasteiger partial charge in [0.25, 0.3) is 0 Å². The van der Waals surface area contributed by atoms with Gasteiger partial charge in [-0.15, -0.1) is 0 Å². The molecule has 0 bridgehead atoms. The second kappa shape index (κ2) is 5.87. The number of carbonyl (C=O) groups is 3. The molecule has 0 aliphatic carbocycles. The van der Waals surface area contributed by atoms with E-state index in [-0.39, 0.29) is 37.4 Å². The summed E-state index contributed by atoms with van der Waals surface area (Å²) in [7, 11) is 0. The molecule has 0 aromatic carbocycles. The van der Waals surface area contributed by atoms with E-state index in [0.29, 0.717) is 25.9 Å². The van der Waals surface area contributed by atoms with E-state index in [1.165, 1.54) is 4.90 Å². The van der Waals surface area contributed by atoms with Gasteiger partial charge >= 0.3 is 6.09 Å². The molecule has 7 nitrogen and oxygen atoms in total. The minimum Gasteiger partial charge on any atom is -0.444 e. The normalized spacial score (nSPS) is 21.6. The van der Waals surface area contributed by atoms with Crippen LogP contribution in [0.2, 0.25) is 0 Å². The summed E-state index contributed by atoms with van der Waals surface area (Å²) in [4.78, 5) is 39.4. The molecular weight excluding hydrogens is 286 g/mol. The molecule has 0 atom stereocenters. The molecule has 2 fully saturated rings. The molecule has 22 heavy (non-hydrogen) atoms. The van der Waals surface area contributed by atoms with Crippen LogP contribution in [0.3, 0.4) is 0 Å². The van der Waals surface area contributed by atoms with E-state index in [1.54, 1.807) is 4.90 Å². The third kappa shape index (κ3) is 3.24. The summed E-state index contributed by atoms with van der Waals surface area (Å²) in [6.45, 7) is 6.88. The molecule has 0 aromatic rings. The van der Waals surface area contributed by atoms with Crippen molar-refractivity contribution in [2.24, 2.45) is 11.1 Å². The van der Waals surface area contributed by atoms with E-state index in [0.717, 1.165) is 0 Å². The van der Waals surface area contributed by atoms with E-state index in [9.17, 15) is 14.4 Å². The second-order valence-corrected chi connectivity index (χ2v) is 7.06. The first-order valence-corrected chi connectivity index (χ1v) is 7.71. The van der Waals surface area contributed by atoms with E-state index in [4.69, 9.17) is 10.5 Å². The Bertz CT molecular complexity index is 476. The average molecular weight is 311 g/mol. The lowest BCUT2D eigenvalue weighted by molar-refractivity contribution is -0.142. The Kier molecular flexibility index (Phi) is 4.47. The van der Waals surface area contributed by atoms with Crippen LogP contribution in [0.25, 0.3) is 0 Å². The number of nitrogens with zero attached hydrogens (tertiary/aromatic N) is 2. The van der Waals surface area contributed by atoms with E-state index in [2.05, 4.69) is 0 Å². The van der Waals surface area contributed by atoms with Crippen LogP contribution in [-0.2, 0) is 14.3 Å². The Morgan fingerprint density at radius 3 is 2.36 bits per heavy atom. The lowest BCUT2D eigenvalue weighted by Crippen LogP contribution is -2.48. The number of hydrogen-bond donors (Lipinski definition) is 1. The molecule has 0 unspecified atom stereocenters. The summed E-state index contributed by atoms with van der Waals surface area (Å²) in [6.07, 6.45) is 0.863. The van der Waals surface area contributed by atoms with Crippen LogP contribution in [0.1, 0.15) is 40.0 Å². The standard InChI is InChI=1S/C15H25N3O4/c1-14(2,3)22-13(21)17-7-4-15(5-8-17)10-11(19)18(9-6-16)12(15)20/h4-10,16H2,1-3H3. The largest absolute Gasteiger partial charge is 0.444 e. The maximum Gasteiger partial charge on any atom is 0.410 e. The molecule has 2 aliphatic heterocycles. The van der Waals surface area contributed by atoms with Gasteiger partial charge in [-0.25, -0.2) is 4.79 Å². The Balaban J connectivity index is 1.99. The number of carbonyl (C=O) groups excluding carboxylic acids is 3. The summed E-state index contributed by atoms with van der Waals surface area (Å²) in [5.41, 5.74) is 4.27. The molecule has 2 aliphatic rings. The SMILES string of the molecule is CC(C)(C)OC(=O)N1CCC2(CC1)CC(=O)N(CCN)C2=O. The molecule has 1 spiro atoms. The predicted octanol–water partition coefficient (Wildman–Crippen LogP) is 0.721. The van der Waals surface area contributed by atoms with Gasteiger partial charge in [0.2, 0.25) is 11.8 Å². The first-order chi connectivity index (χ1) is 10.2. The first kappa shape index (κ1) is 16.7. The third-order valence-corrected chi connectivity index (χ3v) is 4.21. The quantitative estimate of drug-likeness (QED) is 0.759. The number of rotatable bonds is 2. The van der Waals surface area contributed by atoms with Crippen molar-refractivity contribution in [3.63, 3.8) is 0 Å². The Labute approximate surface area is 130 Å². The van der Waals surface area contributed by atoms with Crippen LogP contribution in [0.15, 0.2) is 0 Å². The van der Waals surface area contributed by atoms with Gasteiger partial charge in [-0.1, -0.05) is 0 Å². The van der Waals surface area contributed by atoms with Gasteiger partial charge in [0.15, 0.2) is 0 Å². The van der Waals surface area contributed by atoms with Gasteiger partial charge in [-0.2, -0.15) is 0 Å². The van der Waals surface area contributed by atoms with Crippen LogP contribution in [0.5, 0.6) is 0 Å². The van der Waals surface area contributed by atoms with Crippen molar-refractivity contribution in [1.82, 2.24) is 9.80 Å². The van der Waals surface area contributed by atoms with Crippen LogP contribution < -0.4 is 5.73 Å². The van der Waals surface area contributed by atoms with Gasteiger partial charge in [0.1, 0.15) is 5.60 Å². The van der Waals surface area contributed by atoms with Crippen molar-refractivity contribution < 1.29 is 19.1 Å². The van der Waals surface area contributed by atoms with Crippen LogP contribution in [0.4, 0.5) is 4.79 Å². The topological polar surface area (TPSA) is 92.9 Å². The highest BCUT2D eigenvalue weighted by Gasteiger charge is 2.52. The van der Waals surface area contributed by atoms with Crippen LogP contribution in [-0.4, -0.2) is 59.5 Å². The van der Waals surface area contributed by atoms with Crippen molar-refractivity contribution >= 4 is 17.9 Å². The van der Waals surface area contributed by atoms with Gasteiger partial charge < -0.3 is 15.4 Å². The Morgan fingerprint density at radius 1 is 1.27 bits per heavy atom. The minimum atomic E-state index is -0.648. The lowest BCUT2D eigenvalue weighted by atomic mass is 9.77. The lowest BCUT2D eigenvalue weighted by Gasteiger charge is -2.37. The highest BCUT2D eigenvalue weighted by Crippen LogP contribution is 2.42. The Morgan fingerprint density at radius 2 is 1.86 bits per heavy atom. The molecule has 0 radical (unpaired) electrons. The molecular formula is C15H25N3O4. The molecule has 3 amide bonds. The van der Waals surface area contributed by atoms with Gasteiger partial charge in [0.05, 0.1) is 5.41 Å². The number of likely N-dealkylation sites (tertiary alicyclic amines) is 2. The molecule has 0 saturated carbocycles. The summed E-state index contributed by atoms with van der Waals surface area (Å²) in [6, 6.07) is 0. The molecule has 124 valence electrons. The fourth-order valence-corrected chi connectivity index (χ4v) is 3.05. The Hall–Kier alpha value is -1.63. The number of ether oxygens (including phenoxy) is 1. The zero-order valence-electron chi connectivity index (χ0n) is 13.6. The second-order valence-electron chi connectivity index (χ2n) is 7.06. The maximum absolute atomic E-state index is 12.5. The summed E-state index contributed by atoms with van der Waals surface area (Å²) >= 11 is 0. The van der Waals surface area contributed by atoms with E-state index >= 15 is 0 Å². The fourth-order valence-electron chi connectivity index (χ4n) is 3.05. The molecule has 2 saturated heterocycles. The fraction of sp³-hybridized carbons (Fsp3) is 0.800. The van der Waals surface area contributed by atoms with Crippen LogP contribution in [0, 0.1) is 5.41 Å². The highest BCUT2D eigenvalue weighted by atomic mass is 16.6. The predicted molar refractivity (Wildman–Crippen MR) is 79.9 cm³/mol. The van der Waals surface area contributed by atoms with Crippen molar-refractivity contribution in [3.05, 3.63) is 0 Å². The maximum atomic E-state index is 12.5. The van der Waals surface area contributed by atoms with Crippen LogP contribution >= 0.6 is 0 Å². The van der Waals surface area contributed by atoms with Crippen molar-refractivity contribution in [2.75, 3.05) is 26.2 Å². The molecule has 2 rings (SSSR count). The first-order valence-electron chi connectivity index (χ1n) is 7.71. The van der Waals surface area contributed by atoms with Crippen molar-refractivity contribution in [3.8, 4) is 0 Å². The van der Waals surface area contributed by atoms with E-state index < -0.39 is 11.0 Å².